The standard InChI is InChI=1S/C14H20N2O3/c17-12-7-3-1-2-6-11(12)14-15-13(16-19-14)9-10-5-4-8-18-10/h10-11H,1-9H2. The first-order valence-corrected chi connectivity index (χ1v) is 7.30. The number of hydrogen-bond acceptors (Lipinski definition) is 5. The Bertz CT molecular complexity index is 438. The average molecular weight is 264 g/mol. The van der Waals surface area contributed by atoms with E-state index in [-0.39, 0.29) is 17.8 Å². The minimum Gasteiger partial charge on any atom is -0.378 e. The largest absolute Gasteiger partial charge is 0.378 e. The second kappa shape index (κ2) is 5.82. The molecule has 1 aliphatic heterocycles. The summed E-state index contributed by atoms with van der Waals surface area (Å²) in [6.07, 6.45) is 7.77. The van der Waals surface area contributed by atoms with Crippen molar-refractivity contribution in [3.63, 3.8) is 0 Å². The molecule has 0 N–H and O–H groups in total. The van der Waals surface area contributed by atoms with Crippen LogP contribution in [0.5, 0.6) is 0 Å². The Balaban J connectivity index is 1.67. The van der Waals surface area contributed by atoms with Crippen molar-refractivity contribution in [2.75, 3.05) is 6.61 Å². The van der Waals surface area contributed by atoms with E-state index in [1.54, 1.807) is 0 Å². The molecule has 1 saturated heterocycles. The van der Waals surface area contributed by atoms with Gasteiger partial charge < -0.3 is 9.26 Å². The van der Waals surface area contributed by atoms with Crippen molar-refractivity contribution in [1.29, 1.82) is 0 Å². The molecule has 5 nitrogen and oxygen atoms in total. The van der Waals surface area contributed by atoms with Gasteiger partial charge in [-0.05, 0) is 25.7 Å². The highest BCUT2D eigenvalue weighted by Crippen LogP contribution is 2.28. The lowest BCUT2D eigenvalue weighted by Crippen LogP contribution is -2.12. The maximum Gasteiger partial charge on any atom is 0.237 e. The number of ketones is 1. The first-order valence-electron chi connectivity index (χ1n) is 7.30. The SMILES string of the molecule is O=C1CCCCCC1c1nc(CC2CCCO2)no1. The molecule has 2 heterocycles. The van der Waals surface area contributed by atoms with Crippen molar-refractivity contribution >= 4 is 5.78 Å². The molecule has 2 fully saturated rings. The third-order valence-corrected chi connectivity index (χ3v) is 4.02. The molecule has 1 saturated carbocycles. The number of nitrogens with zero attached hydrogens (tertiary/aromatic N) is 2. The zero-order valence-electron chi connectivity index (χ0n) is 11.1. The van der Waals surface area contributed by atoms with Gasteiger partial charge >= 0.3 is 0 Å². The summed E-state index contributed by atoms with van der Waals surface area (Å²) in [4.78, 5) is 16.4. The number of aromatic nitrogens is 2. The fourth-order valence-corrected chi connectivity index (χ4v) is 2.92. The highest BCUT2D eigenvalue weighted by molar-refractivity contribution is 5.84. The third-order valence-electron chi connectivity index (χ3n) is 4.02. The second-order valence-corrected chi connectivity index (χ2v) is 5.51. The first-order chi connectivity index (χ1) is 9.33. The maximum absolute atomic E-state index is 12.0. The normalized spacial score (nSPS) is 28.5. The highest BCUT2D eigenvalue weighted by atomic mass is 16.5. The number of hydrogen-bond donors (Lipinski definition) is 0. The first kappa shape index (κ1) is 12.8. The van der Waals surface area contributed by atoms with Crippen LogP contribution in [0, 0.1) is 0 Å². The van der Waals surface area contributed by atoms with E-state index in [0.717, 1.165) is 45.1 Å². The van der Waals surface area contributed by atoms with Crippen molar-refractivity contribution in [2.45, 2.75) is 63.4 Å². The van der Waals surface area contributed by atoms with E-state index < -0.39 is 0 Å². The smallest absolute Gasteiger partial charge is 0.237 e. The summed E-state index contributed by atoms with van der Waals surface area (Å²) >= 11 is 0. The molecule has 3 rings (SSSR count). The molecule has 1 aliphatic carbocycles. The van der Waals surface area contributed by atoms with Crippen molar-refractivity contribution in [2.24, 2.45) is 0 Å². The van der Waals surface area contributed by atoms with Crippen LogP contribution in [0.1, 0.15) is 62.6 Å². The quantitative estimate of drug-likeness (QED) is 0.784. The van der Waals surface area contributed by atoms with Crippen LogP contribution >= 0.6 is 0 Å². The number of carbonyl (C=O) groups excluding carboxylic acids is 1. The van der Waals surface area contributed by atoms with E-state index in [9.17, 15) is 4.79 Å². The van der Waals surface area contributed by atoms with Crippen LogP contribution in [0.15, 0.2) is 4.52 Å². The molecule has 2 unspecified atom stereocenters. The lowest BCUT2D eigenvalue weighted by Gasteiger charge is -2.06. The summed E-state index contributed by atoms with van der Waals surface area (Å²) in [5.74, 6) is 1.27. The van der Waals surface area contributed by atoms with E-state index in [2.05, 4.69) is 10.1 Å². The van der Waals surface area contributed by atoms with E-state index in [4.69, 9.17) is 9.26 Å². The molecule has 0 aromatic carbocycles. The summed E-state index contributed by atoms with van der Waals surface area (Å²) in [5, 5.41) is 4.00. The third kappa shape index (κ3) is 3.03. The Labute approximate surface area is 112 Å². The lowest BCUT2D eigenvalue weighted by molar-refractivity contribution is -0.120. The molecule has 0 bridgehead atoms. The Kier molecular flexibility index (Phi) is 3.92. The van der Waals surface area contributed by atoms with E-state index in [1.807, 2.05) is 0 Å². The zero-order valence-corrected chi connectivity index (χ0v) is 11.1. The van der Waals surface area contributed by atoms with Crippen LogP contribution in [0.3, 0.4) is 0 Å². The molecular weight excluding hydrogens is 244 g/mol. The van der Waals surface area contributed by atoms with Gasteiger partial charge in [-0.15, -0.1) is 0 Å². The highest BCUT2D eigenvalue weighted by Gasteiger charge is 2.28. The van der Waals surface area contributed by atoms with Gasteiger partial charge in [0.25, 0.3) is 0 Å². The fraction of sp³-hybridized carbons (Fsp3) is 0.786. The minimum absolute atomic E-state index is 0.173. The van der Waals surface area contributed by atoms with E-state index >= 15 is 0 Å². The molecule has 104 valence electrons. The summed E-state index contributed by atoms with van der Waals surface area (Å²) in [6, 6.07) is 0. The van der Waals surface area contributed by atoms with Crippen LogP contribution in [0.4, 0.5) is 0 Å². The molecule has 2 atom stereocenters. The number of carbonyl (C=O) groups is 1. The summed E-state index contributed by atoms with van der Waals surface area (Å²) in [6.45, 7) is 0.830. The molecule has 0 spiro atoms. The predicted octanol–water partition coefficient (Wildman–Crippen LogP) is 2.41. The monoisotopic (exact) mass is 264 g/mol. The van der Waals surface area contributed by atoms with Crippen molar-refractivity contribution in [3.8, 4) is 0 Å². The summed E-state index contributed by atoms with van der Waals surface area (Å²) in [7, 11) is 0. The Morgan fingerprint density at radius 3 is 2.95 bits per heavy atom. The van der Waals surface area contributed by atoms with Gasteiger partial charge in [-0.1, -0.05) is 18.0 Å². The molecule has 19 heavy (non-hydrogen) atoms. The van der Waals surface area contributed by atoms with Crippen LogP contribution in [-0.2, 0) is 16.0 Å². The summed E-state index contributed by atoms with van der Waals surface area (Å²) in [5.41, 5.74) is 0. The maximum atomic E-state index is 12.0. The van der Waals surface area contributed by atoms with Crippen molar-refractivity contribution < 1.29 is 14.1 Å². The Morgan fingerprint density at radius 2 is 2.11 bits per heavy atom. The van der Waals surface area contributed by atoms with Gasteiger partial charge in [0, 0.05) is 19.4 Å². The number of rotatable bonds is 3. The number of Topliss-reactive ketones (excluding diaryl/α,β-unsaturated/α-hetero) is 1. The van der Waals surface area contributed by atoms with Gasteiger partial charge in [0.15, 0.2) is 5.82 Å². The van der Waals surface area contributed by atoms with E-state index in [0.29, 0.717) is 24.6 Å². The van der Waals surface area contributed by atoms with Crippen molar-refractivity contribution in [1.82, 2.24) is 10.1 Å². The van der Waals surface area contributed by atoms with Crippen LogP contribution in [-0.4, -0.2) is 28.6 Å². The van der Waals surface area contributed by atoms with Crippen LogP contribution < -0.4 is 0 Å². The predicted molar refractivity (Wildman–Crippen MR) is 67.8 cm³/mol. The van der Waals surface area contributed by atoms with Gasteiger partial charge in [0.05, 0.1) is 12.0 Å². The zero-order chi connectivity index (χ0) is 13.1. The molecule has 0 amide bonds. The van der Waals surface area contributed by atoms with Gasteiger partial charge in [0.2, 0.25) is 5.89 Å². The molecule has 0 radical (unpaired) electrons. The van der Waals surface area contributed by atoms with Crippen molar-refractivity contribution in [3.05, 3.63) is 11.7 Å². The Morgan fingerprint density at radius 1 is 1.16 bits per heavy atom. The topological polar surface area (TPSA) is 65.2 Å². The molecule has 1 aromatic heterocycles. The van der Waals surface area contributed by atoms with Gasteiger partial charge in [-0.2, -0.15) is 4.98 Å². The minimum atomic E-state index is -0.173. The number of ether oxygens (including phenoxy) is 1. The average Bonchev–Trinajstić information content (AvgIpc) is 3.02. The van der Waals surface area contributed by atoms with Crippen LogP contribution in [0.25, 0.3) is 0 Å². The molecule has 1 aromatic rings. The van der Waals surface area contributed by atoms with Crippen LogP contribution in [0.2, 0.25) is 0 Å². The van der Waals surface area contributed by atoms with Gasteiger partial charge in [-0.25, -0.2) is 0 Å². The van der Waals surface area contributed by atoms with E-state index in [1.165, 1.54) is 0 Å². The lowest BCUT2D eigenvalue weighted by atomic mass is 9.99. The Hall–Kier alpha value is -1.23. The molecule has 5 heteroatoms. The van der Waals surface area contributed by atoms with Gasteiger partial charge in [-0.3, -0.25) is 4.79 Å². The fourth-order valence-electron chi connectivity index (χ4n) is 2.92. The summed E-state index contributed by atoms with van der Waals surface area (Å²) < 4.78 is 10.9. The van der Waals surface area contributed by atoms with Gasteiger partial charge in [0.1, 0.15) is 5.78 Å². The second-order valence-electron chi connectivity index (χ2n) is 5.51. The molecule has 2 aliphatic rings. The molecular formula is C14H20N2O3.